The lowest BCUT2D eigenvalue weighted by Crippen LogP contribution is -2.48. The summed E-state index contributed by atoms with van der Waals surface area (Å²) < 4.78 is 11.1. The maximum Gasteiger partial charge on any atom is 0.191 e. The van der Waals surface area contributed by atoms with Crippen LogP contribution in [0.3, 0.4) is 0 Å². The summed E-state index contributed by atoms with van der Waals surface area (Å²) >= 11 is 0. The second kappa shape index (κ2) is 14.4. The number of guanidine groups is 1. The minimum Gasteiger partial charge on any atom is -0.387 e. The molecule has 1 aliphatic heterocycles. The van der Waals surface area contributed by atoms with Crippen LogP contribution in [-0.2, 0) is 15.9 Å². The summed E-state index contributed by atoms with van der Waals surface area (Å²) in [4.78, 5) is 6.82. The first-order chi connectivity index (χ1) is 14.6. The predicted molar refractivity (Wildman–Crippen MR) is 122 cm³/mol. The zero-order valence-electron chi connectivity index (χ0n) is 18.7. The van der Waals surface area contributed by atoms with Gasteiger partial charge < -0.3 is 25.2 Å². The van der Waals surface area contributed by atoms with Crippen LogP contribution < -0.4 is 10.6 Å². The molecule has 7 heteroatoms. The minimum absolute atomic E-state index is 0.363. The van der Waals surface area contributed by atoms with Gasteiger partial charge in [0.15, 0.2) is 5.96 Å². The molecule has 1 aliphatic rings. The van der Waals surface area contributed by atoms with Crippen molar-refractivity contribution in [1.29, 1.82) is 0 Å². The highest BCUT2D eigenvalue weighted by Gasteiger charge is 2.25. The largest absolute Gasteiger partial charge is 0.387 e. The molecule has 1 aromatic carbocycles. The van der Waals surface area contributed by atoms with Gasteiger partial charge in [-0.1, -0.05) is 30.3 Å². The fraction of sp³-hybridized carbons (Fsp3) is 0.696. The van der Waals surface area contributed by atoms with Gasteiger partial charge in [0, 0.05) is 39.3 Å². The smallest absolute Gasteiger partial charge is 0.191 e. The van der Waals surface area contributed by atoms with Crippen LogP contribution in [0.15, 0.2) is 35.3 Å². The zero-order chi connectivity index (χ0) is 21.5. The molecule has 7 nitrogen and oxygen atoms in total. The van der Waals surface area contributed by atoms with E-state index in [1.165, 1.54) is 5.56 Å². The predicted octanol–water partition coefficient (Wildman–Crippen LogP) is 1.66. The number of unbranched alkanes of at least 4 members (excludes halogenated alkanes) is 1. The third-order valence-corrected chi connectivity index (χ3v) is 4.98. The first-order valence-electron chi connectivity index (χ1n) is 11.3. The second-order valence-corrected chi connectivity index (χ2v) is 8.06. The lowest BCUT2D eigenvalue weighted by molar-refractivity contribution is -0.0179. The molecule has 30 heavy (non-hydrogen) atoms. The number of β-amino-alcohol motifs (C(OH)–C–C–N with tert-alkyl or cyclic N) is 1. The van der Waals surface area contributed by atoms with E-state index in [-0.39, 0.29) is 0 Å². The topological polar surface area (TPSA) is 78.4 Å². The second-order valence-electron chi connectivity index (χ2n) is 8.06. The Morgan fingerprint density at radius 3 is 2.67 bits per heavy atom. The van der Waals surface area contributed by atoms with E-state index in [4.69, 9.17) is 9.47 Å². The van der Waals surface area contributed by atoms with Gasteiger partial charge in [0.2, 0.25) is 0 Å². The van der Waals surface area contributed by atoms with Gasteiger partial charge in [-0.05, 0) is 38.7 Å². The summed E-state index contributed by atoms with van der Waals surface area (Å²) in [5.74, 6) is 0.754. The number of nitrogens with zero attached hydrogens (tertiary/aromatic N) is 2. The number of nitrogens with one attached hydrogen (secondary N) is 2. The van der Waals surface area contributed by atoms with Crippen molar-refractivity contribution < 1.29 is 14.6 Å². The molecule has 1 aromatic rings. The highest BCUT2D eigenvalue weighted by atomic mass is 16.5. The Morgan fingerprint density at radius 1 is 1.17 bits per heavy atom. The van der Waals surface area contributed by atoms with Crippen molar-refractivity contribution in [2.24, 2.45) is 4.99 Å². The van der Waals surface area contributed by atoms with Crippen molar-refractivity contribution in [2.75, 3.05) is 65.7 Å². The van der Waals surface area contributed by atoms with Gasteiger partial charge >= 0.3 is 0 Å². The van der Waals surface area contributed by atoms with Gasteiger partial charge in [0.05, 0.1) is 32.0 Å². The molecule has 1 unspecified atom stereocenters. The number of morpholine rings is 1. The molecule has 1 heterocycles. The van der Waals surface area contributed by atoms with Crippen LogP contribution >= 0.6 is 0 Å². The quantitative estimate of drug-likeness (QED) is 0.256. The van der Waals surface area contributed by atoms with Crippen molar-refractivity contribution in [3.63, 3.8) is 0 Å². The molecule has 1 saturated heterocycles. The molecule has 170 valence electrons. The fourth-order valence-electron chi connectivity index (χ4n) is 3.35. The van der Waals surface area contributed by atoms with Crippen LogP contribution in [0.5, 0.6) is 0 Å². The molecule has 0 bridgehead atoms. The average molecular weight is 421 g/mol. The Labute approximate surface area is 181 Å². The van der Waals surface area contributed by atoms with Crippen LogP contribution in [-0.4, -0.2) is 87.3 Å². The number of benzene rings is 1. The molecule has 0 spiro atoms. The molecular formula is C23H40N4O3. The van der Waals surface area contributed by atoms with Crippen LogP contribution in [0, 0.1) is 0 Å². The van der Waals surface area contributed by atoms with E-state index in [1.54, 1.807) is 0 Å². The first-order valence-corrected chi connectivity index (χ1v) is 11.3. The van der Waals surface area contributed by atoms with Crippen molar-refractivity contribution in [2.45, 2.75) is 38.7 Å². The Kier molecular flexibility index (Phi) is 11.8. The zero-order valence-corrected chi connectivity index (χ0v) is 18.7. The van der Waals surface area contributed by atoms with Crippen molar-refractivity contribution in [3.8, 4) is 0 Å². The Morgan fingerprint density at radius 2 is 1.93 bits per heavy atom. The number of rotatable bonds is 13. The first kappa shape index (κ1) is 24.6. The standard InChI is InChI=1S/C23H40N4O3/c1-3-24-22(26-19-23(2,28)20-27-13-17-30-18-14-27)25-12-7-8-15-29-16-11-21-9-5-4-6-10-21/h4-6,9-10,28H,3,7-8,11-20H2,1-2H3,(H2,24,25,26). The highest BCUT2D eigenvalue weighted by molar-refractivity contribution is 5.79. The molecule has 1 atom stereocenters. The van der Waals surface area contributed by atoms with E-state index in [0.29, 0.717) is 13.1 Å². The SMILES string of the molecule is CCNC(=NCC(C)(O)CN1CCOCC1)NCCCCOCCc1ccccc1. The van der Waals surface area contributed by atoms with Crippen molar-refractivity contribution >= 4 is 5.96 Å². The normalized spacial score (nSPS) is 17.5. The molecule has 0 amide bonds. The van der Waals surface area contributed by atoms with Crippen molar-refractivity contribution in [1.82, 2.24) is 15.5 Å². The van der Waals surface area contributed by atoms with Gasteiger partial charge in [-0.25, -0.2) is 0 Å². The molecule has 2 rings (SSSR count). The number of aliphatic hydroxyl groups is 1. The van der Waals surface area contributed by atoms with Crippen LogP contribution in [0.2, 0.25) is 0 Å². The fourth-order valence-corrected chi connectivity index (χ4v) is 3.35. The van der Waals surface area contributed by atoms with E-state index >= 15 is 0 Å². The molecule has 0 aliphatic carbocycles. The lowest BCUT2D eigenvalue weighted by Gasteiger charge is -2.33. The molecular weight excluding hydrogens is 380 g/mol. The van der Waals surface area contributed by atoms with Crippen LogP contribution in [0.25, 0.3) is 0 Å². The summed E-state index contributed by atoms with van der Waals surface area (Å²) in [5.41, 5.74) is 0.460. The van der Waals surface area contributed by atoms with E-state index in [9.17, 15) is 5.11 Å². The van der Waals surface area contributed by atoms with Gasteiger partial charge in [-0.2, -0.15) is 0 Å². The van der Waals surface area contributed by atoms with Gasteiger partial charge in [-0.15, -0.1) is 0 Å². The monoisotopic (exact) mass is 420 g/mol. The summed E-state index contributed by atoms with van der Waals surface area (Å²) in [6.07, 6.45) is 2.98. The van der Waals surface area contributed by atoms with Gasteiger partial charge in [-0.3, -0.25) is 9.89 Å². The van der Waals surface area contributed by atoms with Crippen LogP contribution in [0.1, 0.15) is 32.3 Å². The summed E-state index contributed by atoms with van der Waals surface area (Å²) in [6, 6.07) is 10.4. The molecule has 0 aromatic heterocycles. The number of ether oxygens (including phenoxy) is 2. The minimum atomic E-state index is -0.855. The molecule has 1 fully saturated rings. The summed E-state index contributed by atoms with van der Waals surface area (Å²) in [6.45, 7) is 11.2. The van der Waals surface area contributed by atoms with Crippen molar-refractivity contribution in [3.05, 3.63) is 35.9 Å². The van der Waals surface area contributed by atoms with E-state index < -0.39 is 5.60 Å². The third kappa shape index (κ3) is 10.9. The maximum atomic E-state index is 10.7. The summed E-state index contributed by atoms with van der Waals surface area (Å²) in [7, 11) is 0. The van der Waals surface area contributed by atoms with Gasteiger partial charge in [0.25, 0.3) is 0 Å². The number of hydrogen-bond donors (Lipinski definition) is 3. The Hall–Kier alpha value is -1.67. The molecule has 0 saturated carbocycles. The lowest BCUT2D eigenvalue weighted by atomic mass is 10.1. The Bertz CT molecular complexity index is 589. The highest BCUT2D eigenvalue weighted by Crippen LogP contribution is 2.09. The maximum absolute atomic E-state index is 10.7. The van der Waals surface area contributed by atoms with Crippen LogP contribution in [0.4, 0.5) is 0 Å². The van der Waals surface area contributed by atoms with E-state index in [2.05, 4.69) is 44.8 Å². The third-order valence-electron chi connectivity index (χ3n) is 4.98. The molecule has 3 N–H and O–H groups in total. The van der Waals surface area contributed by atoms with E-state index in [0.717, 1.165) is 77.8 Å². The number of aliphatic imine (C=N–C) groups is 1. The Balaban J connectivity index is 1.58. The average Bonchev–Trinajstić information content (AvgIpc) is 2.75. The molecule has 0 radical (unpaired) electrons. The van der Waals surface area contributed by atoms with Gasteiger partial charge in [0.1, 0.15) is 0 Å². The number of hydrogen-bond acceptors (Lipinski definition) is 5. The van der Waals surface area contributed by atoms with E-state index in [1.807, 2.05) is 19.9 Å². The summed E-state index contributed by atoms with van der Waals surface area (Å²) in [5, 5.41) is 17.3.